The summed E-state index contributed by atoms with van der Waals surface area (Å²) in [5, 5.41) is 0.374. The Bertz CT molecular complexity index is 510. The van der Waals surface area contributed by atoms with E-state index in [2.05, 4.69) is 9.88 Å². The van der Waals surface area contributed by atoms with Gasteiger partial charge in [-0.25, -0.2) is 4.98 Å². The van der Waals surface area contributed by atoms with E-state index in [1.54, 1.807) is 36.0 Å². The molecule has 1 aromatic rings. The molecule has 21 heavy (non-hydrogen) atoms. The van der Waals surface area contributed by atoms with Gasteiger partial charge in [-0.15, -0.1) is 0 Å². The van der Waals surface area contributed by atoms with Crippen LogP contribution in [0.1, 0.15) is 10.4 Å². The highest BCUT2D eigenvalue weighted by molar-refractivity contribution is 6.29. The Hall–Kier alpha value is -1.66. The van der Waals surface area contributed by atoms with E-state index in [9.17, 15) is 9.59 Å². The number of pyridine rings is 1. The molecule has 1 aliphatic heterocycles. The second-order valence-electron chi connectivity index (χ2n) is 5.23. The van der Waals surface area contributed by atoms with E-state index in [4.69, 9.17) is 11.6 Å². The van der Waals surface area contributed by atoms with Crippen molar-refractivity contribution in [3.8, 4) is 0 Å². The Morgan fingerprint density at radius 3 is 2.43 bits per heavy atom. The van der Waals surface area contributed by atoms with Crippen LogP contribution in [0.2, 0.25) is 5.15 Å². The molecule has 1 aromatic heterocycles. The number of nitrogens with zero attached hydrogens (tertiary/aromatic N) is 4. The Morgan fingerprint density at radius 2 is 1.90 bits per heavy atom. The highest BCUT2D eigenvalue weighted by atomic mass is 35.5. The van der Waals surface area contributed by atoms with Gasteiger partial charge in [-0.05, 0) is 12.1 Å². The number of likely N-dealkylation sites (N-methyl/N-ethyl adjacent to an activating group) is 1. The van der Waals surface area contributed by atoms with Crippen molar-refractivity contribution < 1.29 is 9.59 Å². The van der Waals surface area contributed by atoms with Crippen molar-refractivity contribution in [1.29, 1.82) is 0 Å². The van der Waals surface area contributed by atoms with Gasteiger partial charge in [0.05, 0.1) is 12.1 Å². The first kappa shape index (κ1) is 15.7. The minimum atomic E-state index is -0.0437. The molecule has 0 unspecified atom stereocenters. The maximum absolute atomic E-state index is 12.3. The average molecular weight is 311 g/mol. The van der Waals surface area contributed by atoms with Crippen LogP contribution in [-0.2, 0) is 4.79 Å². The first-order valence-electron chi connectivity index (χ1n) is 6.80. The van der Waals surface area contributed by atoms with E-state index in [0.29, 0.717) is 43.4 Å². The van der Waals surface area contributed by atoms with Crippen molar-refractivity contribution >= 4 is 23.4 Å². The molecule has 0 radical (unpaired) electrons. The van der Waals surface area contributed by atoms with E-state index < -0.39 is 0 Å². The lowest BCUT2D eigenvalue weighted by Crippen LogP contribution is -2.51. The molecule has 2 heterocycles. The average Bonchev–Trinajstić information content (AvgIpc) is 2.48. The van der Waals surface area contributed by atoms with Crippen molar-refractivity contribution in [3.63, 3.8) is 0 Å². The molecular formula is C14H19ClN4O2. The number of hydrogen-bond donors (Lipinski definition) is 0. The van der Waals surface area contributed by atoms with Crippen LogP contribution < -0.4 is 0 Å². The fraction of sp³-hybridized carbons (Fsp3) is 0.500. The Labute approximate surface area is 129 Å². The molecule has 2 amide bonds. The molecule has 2 rings (SSSR count). The van der Waals surface area contributed by atoms with Crippen LogP contribution in [0.5, 0.6) is 0 Å². The van der Waals surface area contributed by atoms with E-state index in [1.165, 1.54) is 6.20 Å². The molecule has 0 aromatic carbocycles. The molecule has 114 valence electrons. The zero-order chi connectivity index (χ0) is 15.4. The van der Waals surface area contributed by atoms with Crippen LogP contribution in [0, 0.1) is 0 Å². The molecular weight excluding hydrogens is 292 g/mol. The maximum Gasteiger partial charge on any atom is 0.255 e. The van der Waals surface area contributed by atoms with Crippen LogP contribution in [-0.4, -0.2) is 78.3 Å². The van der Waals surface area contributed by atoms with E-state index >= 15 is 0 Å². The second kappa shape index (κ2) is 6.87. The summed E-state index contributed by atoms with van der Waals surface area (Å²) in [6.07, 6.45) is 1.49. The largest absolute Gasteiger partial charge is 0.348 e. The number of halogens is 1. The van der Waals surface area contributed by atoms with E-state index in [0.717, 1.165) is 0 Å². The summed E-state index contributed by atoms with van der Waals surface area (Å²) in [5.74, 6) is 0.0365. The maximum atomic E-state index is 12.3. The predicted molar refractivity (Wildman–Crippen MR) is 80.3 cm³/mol. The Balaban J connectivity index is 1.87. The molecule has 1 fully saturated rings. The first-order valence-corrected chi connectivity index (χ1v) is 7.18. The van der Waals surface area contributed by atoms with Gasteiger partial charge >= 0.3 is 0 Å². The molecule has 0 aliphatic carbocycles. The third-order valence-corrected chi connectivity index (χ3v) is 3.72. The highest BCUT2D eigenvalue weighted by Gasteiger charge is 2.23. The van der Waals surface area contributed by atoms with Gasteiger partial charge in [0.2, 0.25) is 5.91 Å². The van der Waals surface area contributed by atoms with Crippen molar-refractivity contribution in [2.24, 2.45) is 0 Å². The number of rotatable bonds is 3. The van der Waals surface area contributed by atoms with Gasteiger partial charge in [0, 0.05) is 46.5 Å². The van der Waals surface area contributed by atoms with Gasteiger partial charge in [-0.1, -0.05) is 11.6 Å². The predicted octanol–water partition coefficient (Wildman–Crippen LogP) is 0.581. The third kappa shape index (κ3) is 4.15. The first-order chi connectivity index (χ1) is 9.97. The topological polar surface area (TPSA) is 56.8 Å². The summed E-state index contributed by atoms with van der Waals surface area (Å²) in [6.45, 7) is 3.03. The van der Waals surface area contributed by atoms with E-state index in [1.807, 2.05) is 0 Å². The fourth-order valence-corrected chi connectivity index (χ4v) is 2.24. The Kier molecular flexibility index (Phi) is 5.14. The van der Waals surface area contributed by atoms with Crippen LogP contribution in [0.4, 0.5) is 0 Å². The Morgan fingerprint density at radius 1 is 1.24 bits per heavy atom. The number of piperazine rings is 1. The summed E-state index contributed by atoms with van der Waals surface area (Å²) in [5.41, 5.74) is 0.539. The molecule has 0 atom stereocenters. The van der Waals surface area contributed by atoms with Crippen molar-refractivity contribution in [3.05, 3.63) is 29.0 Å². The summed E-state index contributed by atoms with van der Waals surface area (Å²) < 4.78 is 0. The van der Waals surface area contributed by atoms with Crippen molar-refractivity contribution in [2.45, 2.75) is 0 Å². The van der Waals surface area contributed by atoms with Crippen molar-refractivity contribution in [2.75, 3.05) is 46.8 Å². The molecule has 0 spiro atoms. The summed E-state index contributed by atoms with van der Waals surface area (Å²) in [6, 6.07) is 3.29. The van der Waals surface area contributed by atoms with Crippen LogP contribution >= 0.6 is 11.6 Å². The summed E-state index contributed by atoms with van der Waals surface area (Å²) >= 11 is 5.72. The lowest BCUT2D eigenvalue weighted by Gasteiger charge is -2.34. The number of amides is 2. The number of hydrogen-bond acceptors (Lipinski definition) is 4. The lowest BCUT2D eigenvalue weighted by molar-refractivity contribution is -0.130. The molecule has 0 saturated carbocycles. The summed E-state index contributed by atoms with van der Waals surface area (Å²) in [7, 11) is 3.49. The van der Waals surface area contributed by atoms with Gasteiger partial charge in [-0.2, -0.15) is 0 Å². The van der Waals surface area contributed by atoms with Gasteiger partial charge in [0.15, 0.2) is 0 Å². The number of aromatic nitrogens is 1. The van der Waals surface area contributed by atoms with Gasteiger partial charge < -0.3 is 9.80 Å². The molecule has 0 N–H and O–H groups in total. The van der Waals surface area contributed by atoms with Crippen LogP contribution in [0.25, 0.3) is 0 Å². The number of carbonyl (C=O) groups is 2. The molecule has 1 aliphatic rings. The lowest BCUT2D eigenvalue weighted by atomic mass is 10.2. The monoisotopic (exact) mass is 310 g/mol. The fourth-order valence-electron chi connectivity index (χ4n) is 2.13. The van der Waals surface area contributed by atoms with Crippen molar-refractivity contribution in [1.82, 2.24) is 19.7 Å². The zero-order valence-electron chi connectivity index (χ0n) is 12.3. The molecule has 7 heteroatoms. The smallest absolute Gasteiger partial charge is 0.255 e. The van der Waals surface area contributed by atoms with Gasteiger partial charge in [-0.3, -0.25) is 14.5 Å². The zero-order valence-corrected chi connectivity index (χ0v) is 13.0. The van der Waals surface area contributed by atoms with Crippen LogP contribution in [0.15, 0.2) is 18.3 Å². The normalized spacial score (nSPS) is 15.9. The minimum absolute atomic E-state index is 0.0437. The van der Waals surface area contributed by atoms with Crippen LogP contribution in [0.3, 0.4) is 0 Å². The SMILES string of the molecule is CN(C)C(=O)CN1CCN(C(=O)c2ccc(Cl)nc2)CC1. The van der Waals surface area contributed by atoms with Gasteiger partial charge in [0.25, 0.3) is 5.91 Å². The van der Waals surface area contributed by atoms with Gasteiger partial charge in [0.1, 0.15) is 5.15 Å². The molecule has 1 saturated heterocycles. The highest BCUT2D eigenvalue weighted by Crippen LogP contribution is 2.10. The van der Waals surface area contributed by atoms with E-state index in [-0.39, 0.29) is 11.8 Å². The standard InChI is InChI=1S/C14H19ClN4O2/c1-17(2)13(20)10-18-5-7-19(8-6-18)14(21)11-3-4-12(15)16-9-11/h3-4,9H,5-8,10H2,1-2H3. The third-order valence-electron chi connectivity index (χ3n) is 3.49. The second-order valence-corrected chi connectivity index (χ2v) is 5.61. The molecule has 0 bridgehead atoms. The minimum Gasteiger partial charge on any atom is -0.348 e. The quantitative estimate of drug-likeness (QED) is 0.767. The molecule has 6 nitrogen and oxygen atoms in total. The number of carbonyl (C=O) groups excluding carboxylic acids is 2. The summed E-state index contributed by atoms with van der Waals surface area (Å²) in [4.78, 5) is 33.3.